The van der Waals surface area contributed by atoms with Gasteiger partial charge in [-0.15, -0.1) is 24.8 Å². The molecule has 2 heterocycles. The van der Waals surface area contributed by atoms with Crippen molar-refractivity contribution in [3.05, 3.63) is 65.0 Å². The molecule has 0 fully saturated rings. The van der Waals surface area contributed by atoms with Crippen LogP contribution in [0.4, 0.5) is 0 Å². The van der Waals surface area contributed by atoms with Crippen molar-refractivity contribution in [1.82, 2.24) is 15.2 Å². The number of hydrogen-bond acceptors (Lipinski definition) is 3. The molecule has 0 atom stereocenters. The van der Waals surface area contributed by atoms with Gasteiger partial charge in [-0.25, -0.2) is 0 Å². The number of amides is 1. The third kappa shape index (κ3) is 3.97. The van der Waals surface area contributed by atoms with Gasteiger partial charge < -0.3 is 10.2 Å². The molecular formula is C16H19Cl2N3O. The summed E-state index contributed by atoms with van der Waals surface area (Å²) in [4.78, 5) is 18.2. The highest BCUT2D eigenvalue weighted by molar-refractivity contribution is 5.94. The molecule has 1 amide bonds. The summed E-state index contributed by atoms with van der Waals surface area (Å²) in [6.07, 6.45) is 3.52. The molecule has 0 spiro atoms. The van der Waals surface area contributed by atoms with E-state index < -0.39 is 0 Å². The van der Waals surface area contributed by atoms with E-state index in [1.807, 2.05) is 37.4 Å². The van der Waals surface area contributed by atoms with E-state index in [4.69, 9.17) is 0 Å². The molecule has 22 heavy (non-hydrogen) atoms. The lowest BCUT2D eigenvalue weighted by atomic mass is 10.1. The highest BCUT2D eigenvalue weighted by Crippen LogP contribution is 2.18. The van der Waals surface area contributed by atoms with Crippen LogP contribution >= 0.6 is 24.8 Å². The van der Waals surface area contributed by atoms with Gasteiger partial charge in [-0.05, 0) is 34.9 Å². The Balaban J connectivity index is 0.00000121. The first-order chi connectivity index (χ1) is 9.74. The van der Waals surface area contributed by atoms with Crippen molar-refractivity contribution in [3.63, 3.8) is 0 Å². The second-order valence-electron chi connectivity index (χ2n) is 5.11. The quantitative estimate of drug-likeness (QED) is 0.935. The molecule has 118 valence electrons. The van der Waals surface area contributed by atoms with Gasteiger partial charge in [0, 0.05) is 44.6 Å². The number of rotatable bonds is 3. The van der Waals surface area contributed by atoms with Gasteiger partial charge in [-0.2, -0.15) is 0 Å². The number of pyridine rings is 1. The molecule has 1 N–H and O–H groups in total. The van der Waals surface area contributed by atoms with Crippen LogP contribution in [0.2, 0.25) is 0 Å². The Labute approximate surface area is 142 Å². The van der Waals surface area contributed by atoms with Crippen molar-refractivity contribution in [2.45, 2.75) is 19.6 Å². The van der Waals surface area contributed by atoms with Crippen LogP contribution < -0.4 is 5.32 Å². The second kappa shape index (κ2) is 8.13. The Kier molecular flexibility index (Phi) is 6.81. The maximum atomic E-state index is 12.4. The fraction of sp³-hybridized carbons (Fsp3) is 0.250. The van der Waals surface area contributed by atoms with Crippen LogP contribution in [0.5, 0.6) is 0 Å². The molecule has 1 aromatic carbocycles. The fourth-order valence-corrected chi connectivity index (χ4v) is 2.49. The molecule has 1 aliphatic rings. The van der Waals surface area contributed by atoms with Gasteiger partial charge in [-0.3, -0.25) is 9.78 Å². The van der Waals surface area contributed by atoms with Gasteiger partial charge in [0.25, 0.3) is 5.91 Å². The van der Waals surface area contributed by atoms with E-state index in [0.29, 0.717) is 6.54 Å². The first kappa shape index (κ1) is 18.4. The van der Waals surface area contributed by atoms with Crippen molar-refractivity contribution >= 4 is 30.7 Å². The average molecular weight is 340 g/mol. The summed E-state index contributed by atoms with van der Waals surface area (Å²) < 4.78 is 0. The summed E-state index contributed by atoms with van der Waals surface area (Å²) in [6.45, 7) is 2.32. The maximum absolute atomic E-state index is 12.4. The topological polar surface area (TPSA) is 45.2 Å². The first-order valence-corrected chi connectivity index (χ1v) is 6.71. The highest BCUT2D eigenvalue weighted by Gasteiger charge is 2.16. The lowest BCUT2D eigenvalue weighted by molar-refractivity contribution is 0.0785. The molecule has 0 radical (unpaired) electrons. The summed E-state index contributed by atoms with van der Waals surface area (Å²) in [5, 5.41) is 3.29. The number of aromatic nitrogens is 1. The van der Waals surface area contributed by atoms with Crippen LogP contribution in [0.25, 0.3) is 0 Å². The number of hydrogen-bond donors (Lipinski definition) is 1. The number of halogens is 2. The molecule has 0 bridgehead atoms. The van der Waals surface area contributed by atoms with Crippen molar-refractivity contribution in [3.8, 4) is 0 Å². The lowest BCUT2D eigenvalue weighted by Crippen LogP contribution is -2.26. The maximum Gasteiger partial charge on any atom is 0.253 e. The zero-order valence-corrected chi connectivity index (χ0v) is 13.9. The Morgan fingerprint density at radius 3 is 2.73 bits per heavy atom. The van der Waals surface area contributed by atoms with Crippen LogP contribution in [-0.2, 0) is 19.6 Å². The minimum Gasteiger partial charge on any atom is -0.337 e. The number of benzene rings is 1. The summed E-state index contributed by atoms with van der Waals surface area (Å²) in [5.41, 5.74) is 4.30. The van der Waals surface area contributed by atoms with Crippen LogP contribution in [0.15, 0.2) is 42.7 Å². The standard InChI is InChI=1S/C16H17N3O.2ClH/c1-19(11-12-3-2-6-17-8-12)16(20)13-4-5-14-9-18-10-15(14)7-13;;/h2-8,18H,9-11H2,1H3;2*1H. The van der Waals surface area contributed by atoms with Crippen molar-refractivity contribution in [1.29, 1.82) is 0 Å². The number of carbonyl (C=O) groups is 1. The Morgan fingerprint density at radius 2 is 2.00 bits per heavy atom. The minimum absolute atomic E-state index is 0. The van der Waals surface area contributed by atoms with E-state index in [2.05, 4.69) is 10.3 Å². The molecule has 0 aliphatic carbocycles. The van der Waals surface area contributed by atoms with Crippen LogP contribution in [0.1, 0.15) is 27.0 Å². The summed E-state index contributed by atoms with van der Waals surface area (Å²) in [7, 11) is 1.82. The van der Waals surface area contributed by atoms with E-state index in [-0.39, 0.29) is 30.7 Å². The lowest BCUT2D eigenvalue weighted by Gasteiger charge is -2.17. The summed E-state index contributed by atoms with van der Waals surface area (Å²) in [5.74, 6) is 0.0450. The molecular weight excluding hydrogens is 321 g/mol. The van der Waals surface area contributed by atoms with E-state index >= 15 is 0 Å². The summed E-state index contributed by atoms with van der Waals surface area (Å²) >= 11 is 0. The molecule has 2 aromatic rings. The number of fused-ring (bicyclic) bond motifs is 1. The molecule has 0 unspecified atom stereocenters. The first-order valence-electron chi connectivity index (χ1n) is 6.71. The Morgan fingerprint density at radius 1 is 1.23 bits per heavy atom. The van der Waals surface area contributed by atoms with Gasteiger partial charge in [-0.1, -0.05) is 12.1 Å². The van der Waals surface area contributed by atoms with Gasteiger partial charge in [0.2, 0.25) is 0 Å². The number of nitrogens with zero attached hydrogens (tertiary/aromatic N) is 2. The molecule has 4 nitrogen and oxygen atoms in total. The zero-order valence-electron chi connectivity index (χ0n) is 12.3. The summed E-state index contributed by atoms with van der Waals surface area (Å²) in [6, 6.07) is 9.81. The van der Waals surface area contributed by atoms with Crippen molar-refractivity contribution < 1.29 is 4.79 Å². The third-order valence-electron chi connectivity index (χ3n) is 3.57. The Bertz CT molecular complexity index is 635. The minimum atomic E-state index is 0. The largest absolute Gasteiger partial charge is 0.337 e. The van der Waals surface area contributed by atoms with Gasteiger partial charge >= 0.3 is 0 Å². The average Bonchev–Trinajstić information content (AvgIpc) is 2.94. The SMILES string of the molecule is CN(Cc1cccnc1)C(=O)c1ccc2c(c1)CNC2.Cl.Cl. The highest BCUT2D eigenvalue weighted by atomic mass is 35.5. The van der Waals surface area contributed by atoms with Crippen LogP contribution in [-0.4, -0.2) is 22.8 Å². The van der Waals surface area contributed by atoms with Crippen LogP contribution in [0.3, 0.4) is 0 Å². The zero-order chi connectivity index (χ0) is 13.9. The van der Waals surface area contributed by atoms with Crippen molar-refractivity contribution in [2.24, 2.45) is 0 Å². The van der Waals surface area contributed by atoms with E-state index in [1.165, 1.54) is 11.1 Å². The molecule has 6 heteroatoms. The number of carbonyl (C=O) groups excluding carboxylic acids is 1. The van der Waals surface area contributed by atoms with Gasteiger partial charge in [0.15, 0.2) is 0 Å². The second-order valence-corrected chi connectivity index (χ2v) is 5.11. The predicted molar refractivity (Wildman–Crippen MR) is 91.5 cm³/mol. The van der Waals surface area contributed by atoms with E-state index in [0.717, 1.165) is 24.2 Å². The molecule has 0 saturated heterocycles. The molecule has 1 aromatic heterocycles. The predicted octanol–water partition coefficient (Wildman–Crippen LogP) is 2.80. The van der Waals surface area contributed by atoms with Gasteiger partial charge in [0.1, 0.15) is 0 Å². The van der Waals surface area contributed by atoms with Gasteiger partial charge in [0.05, 0.1) is 0 Å². The Hall–Kier alpha value is -1.62. The van der Waals surface area contributed by atoms with E-state index in [9.17, 15) is 4.79 Å². The normalized spacial score (nSPS) is 11.9. The molecule has 1 aliphatic heterocycles. The third-order valence-corrected chi connectivity index (χ3v) is 3.57. The van der Waals surface area contributed by atoms with Crippen LogP contribution in [0, 0.1) is 0 Å². The fourth-order valence-electron chi connectivity index (χ4n) is 2.49. The monoisotopic (exact) mass is 339 g/mol. The van der Waals surface area contributed by atoms with Crippen molar-refractivity contribution in [2.75, 3.05) is 7.05 Å². The van der Waals surface area contributed by atoms with E-state index in [1.54, 1.807) is 17.3 Å². The molecule has 0 saturated carbocycles. The molecule has 3 rings (SSSR count). The number of nitrogens with one attached hydrogen (secondary N) is 1. The smallest absolute Gasteiger partial charge is 0.253 e.